The maximum absolute atomic E-state index is 13.6. The second kappa shape index (κ2) is 5.40. The van der Waals surface area contributed by atoms with Crippen molar-refractivity contribution in [3.63, 3.8) is 0 Å². The van der Waals surface area contributed by atoms with Gasteiger partial charge < -0.3 is 15.2 Å². The fourth-order valence-electron chi connectivity index (χ4n) is 1.50. The first-order chi connectivity index (χ1) is 8.69. The zero-order valence-electron chi connectivity index (χ0n) is 10.0. The van der Waals surface area contributed by atoms with E-state index >= 15 is 0 Å². The lowest BCUT2D eigenvalue weighted by Gasteiger charge is -2.08. The van der Waals surface area contributed by atoms with Crippen LogP contribution in [0.1, 0.15) is 5.56 Å². The van der Waals surface area contributed by atoms with Crippen LogP contribution in [0.3, 0.4) is 0 Å². The largest absolute Gasteiger partial charge is 0.497 e. The van der Waals surface area contributed by atoms with Crippen LogP contribution in [0.4, 0.5) is 10.1 Å². The predicted molar refractivity (Wildman–Crippen MR) is 68.1 cm³/mol. The zero-order chi connectivity index (χ0) is 13.0. The van der Waals surface area contributed by atoms with E-state index in [2.05, 4.69) is 0 Å². The number of hydrogen-bond acceptors (Lipinski definition) is 3. The Balaban J connectivity index is 2.04. The summed E-state index contributed by atoms with van der Waals surface area (Å²) in [6, 6.07) is 11.6. The average Bonchev–Trinajstić information content (AvgIpc) is 2.39. The van der Waals surface area contributed by atoms with Crippen molar-refractivity contribution in [3.05, 3.63) is 53.8 Å². The van der Waals surface area contributed by atoms with E-state index in [0.29, 0.717) is 22.7 Å². The first-order valence-corrected chi connectivity index (χ1v) is 5.50. The lowest BCUT2D eigenvalue weighted by Crippen LogP contribution is -1.99. The van der Waals surface area contributed by atoms with Gasteiger partial charge in [-0.25, -0.2) is 4.39 Å². The van der Waals surface area contributed by atoms with Crippen molar-refractivity contribution in [1.82, 2.24) is 0 Å². The molecule has 0 saturated heterocycles. The van der Waals surface area contributed by atoms with Crippen molar-refractivity contribution in [2.75, 3.05) is 12.8 Å². The van der Waals surface area contributed by atoms with Crippen molar-refractivity contribution >= 4 is 5.69 Å². The Bertz CT molecular complexity index is 526. The van der Waals surface area contributed by atoms with E-state index in [1.807, 2.05) is 0 Å². The number of hydrogen-bond donors (Lipinski definition) is 1. The quantitative estimate of drug-likeness (QED) is 0.845. The maximum Gasteiger partial charge on any atom is 0.133 e. The molecule has 18 heavy (non-hydrogen) atoms. The number of benzene rings is 2. The summed E-state index contributed by atoms with van der Waals surface area (Å²) in [4.78, 5) is 0. The van der Waals surface area contributed by atoms with E-state index in [1.54, 1.807) is 36.4 Å². The van der Waals surface area contributed by atoms with Crippen LogP contribution in [-0.2, 0) is 6.61 Å². The molecule has 0 bridgehead atoms. The Morgan fingerprint density at radius 1 is 1.06 bits per heavy atom. The van der Waals surface area contributed by atoms with Crippen molar-refractivity contribution in [3.8, 4) is 11.5 Å². The van der Waals surface area contributed by atoms with Gasteiger partial charge in [-0.05, 0) is 36.4 Å². The maximum atomic E-state index is 13.6. The highest BCUT2D eigenvalue weighted by Crippen LogP contribution is 2.19. The summed E-state index contributed by atoms with van der Waals surface area (Å²) in [5.41, 5.74) is 6.70. The van der Waals surface area contributed by atoms with Gasteiger partial charge in [0.05, 0.1) is 7.11 Å². The fraction of sp³-hybridized carbons (Fsp3) is 0.143. The third-order valence-corrected chi connectivity index (χ3v) is 2.53. The van der Waals surface area contributed by atoms with Gasteiger partial charge in [0, 0.05) is 17.3 Å². The third kappa shape index (κ3) is 2.91. The van der Waals surface area contributed by atoms with Crippen molar-refractivity contribution in [2.45, 2.75) is 6.61 Å². The molecule has 94 valence electrons. The molecule has 2 N–H and O–H groups in total. The molecule has 0 amide bonds. The molecule has 0 fully saturated rings. The van der Waals surface area contributed by atoms with Crippen LogP contribution in [0.15, 0.2) is 42.5 Å². The van der Waals surface area contributed by atoms with Crippen molar-refractivity contribution in [1.29, 1.82) is 0 Å². The molecule has 2 aromatic carbocycles. The highest BCUT2D eigenvalue weighted by molar-refractivity contribution is 5.41. The number of nitrogens with two attached hydrogens (primary N) is 1. The molecule has 0 saturated carbocycles. The van der Waals surface area contributed by atoms with Gasteiger partial charge in [-0.1, -0.05) is 0 Å². The van der Waals surface area contributed by atoms with Crippen LogP contribution < -0.4 is 15.2 Å². The predicted octanol–water partition coefficient (Wildman–Crippen LogP) is 3.00. The van der Waals surface area contributed by atoms with Crippen LogP contribution in [0.2, 0.25) is 0 Å². The Morgan fingerprint density at radius 3 is 2.33 bits per heavy atom. The fourth-order valence-corrected chi connectivity index (χ4v) is 1.50. The lowest BCUT2D eigenvalue weighted by atomic mass is 10.2. The Hall–Kier alpha value is -2.23. The molecule has 2 rings (SSSR count). The monoisotopic (exact) mass is 247 g/mol. The van der Waals surface area contributed by atoms with Crippen LogP contribution in [0, 0.1) is 5.82 Å². The molecule has 4 heteroatoms. The van der Waals surface area contributed by atoms with E-state index in [1.165, 1.54) is 13.2 Å². The highest BCUT2D eigenvalue weighted by Gasteiger charge is 2.04. The highest BCUT2D eigenvalue weighted by atomic mass is 19.1. The number of halogens is 1. The number of methoxy groups -OCH3 is 1. The number of anilines is 1. The van der Waals surface area contributed by atoms with Crippen LogP contribution >= 0.6 is 0 Å². The lowest BCUT2D eigenvalue weighted by molar-refractivity contribution is 0.299. The first-order valence-electron chi connectivity index (χ1n) is 5.50. The minimum atomic E-state index is -0.343. The van der Waals surface area contributed by atoms with Gasteiger partial charge in [0.2, 0.25) is 0 Å². The van der Waals surface area contributed by atoms with E-state index in [4.69, 9.17) is 15.2 Å². The van der Waals surface area contributed by atoms with Crippen LogP contribution in [0.5, 0.6) is 11.5 Å². The minimum Gasteiger partial charge on any atom is -0.497 e. The van der Waals surface area contributed by atoms with Crippen LogP contribution in [0.25, 0.3) is 0 Å². The summed E-state index contributed by atoms with van der Waals surface area (Å²) in [5, 5.41) is 0. The van der Waals surface area contributed by atoms with Gasteiger partial charge in [-0.15, -0.1) is 0 Å². The summed E-state index contributed by atoms with van der Waals surface area (Å²) in [6.45, 7) is 0.166. The van der Waals surface area contributed by atoms with E-state index in [9.17, 15) is 4.39 Å². The summed E-state index contributed by atoms with van der Waals surface area (Å²) in [5.74, 6) is 0.799. The first kappa shape index (κ1) is 12.2. The summed E-state index contributed by atoms with van der Waals surface area (Å²) < 4.78 is 24.0. The SMILES string of the molecule is COc1ccc(COc2ccc(N)cc2)c(F)c1. The molecule has 0 aliphatic heterocycles. The smallest absolute Gasteiger partial charge is 0.133 e. The standard InChI is InChI=1S/C14H14FNO2/c1-17-13-5-2-10(14(15)8-13)9-18-12-6-3-11(16)4-7-12/h2-8H,9,16H2,1H3. The molecule has 0 atom stereocenters. The van der Waals surface area contributed by atoms with E-state index < -0.39 is 0 Å². The van der Waals surface area contributed by atoms with E-state index in [0.717, 1.165) is 0 Å². The van der Waals surface area contributed by atoms with E-state index in [-0.39, 0.29) is 12.4 Å². The van der Waals surface area contributed by atoms with Gasteiger partial charge in [0.25, 0.3) is 0 Å². The zero-order valence-corrected chi connectivity index (χ0v) is 10.0. The number of rotatable bonds is 4. The number of nitrogen functional groups attached to an aromatic ring is 1. The van der Waals surface area contributed by atoms with Gasteiger partial charge in [-0.2, -0.15) is 0 Å². The Labute approximate surface area is 105 Å². The average molecular weight is 247 g/mol. The van der Waals surface area contributed by atoms with Crippen molar-refractivity contribution in [2.24, 2.45) is 0 Å². The number of ether oxygens (including phenoxy) is 2. The van der Waals surface area contributed by atoms with Gasteiger partial charge in [0.1, 0.15) is 23.9 Å². The van der Waals surface area contributed by atoms with Gasteiger partial charge in [0.15, 0.2) is 0 Å². The molecular formula is C14H14FNO2. The third-order valence-electron chi connectivity index (χ3n) is 2.53. The van der Waals surface area contributed by atoms with Gasteiger partial charge in [-0.3, -0.25) is 0 Å². The molecule has 0 radical (unpaired) electrons. The Kier molecular flexibility index (Phi) is 3.67. The molecule has 0 aliphatic carbocycles. The molecule has 2 aromatic rings. The second-order valence-corrected chi connectivity index (χ2v) is 3.82. The molecule has 0 aliphatic rings. The molecular weight excluding hydrogens is 233 g/mol. The topological polar surface area (TPSA) is 44.5 Å². The molecule has 0 spiro atoms. The van der Waals surface area contributed by atoms with Crippen LogP contribution in [-0.4, -0.2) is 7.11 Å². The summed E-state index contributed by atoms with van der Waals surface area (Å²) in [6.07, 6.45) is 0. The second-order valence-electron chi connectivity index (χ2n) is 3.82. The molecule has 0 aromatic heterocycles. The summed E-state index contributed by atoms with van der Waals surface area (Å²) >= 11 is 0. The van der Waals surface area contributed by atoms with Gasteiger partial charge >= 0.3 is 0 Å². The molecule has 0 unspecified atom stereocenters. The normalized spacial score (nSPS) is 10.1. The summed E-state index contributed by atoms with van der Waals surface area (Å²) in [7, 11) is 1.50. The Morgan fingerprint density at radius 2 is 1.72 bits per heavy atom. The molecule has 3 nitrogen and oxygen atoms in total. The van der Waals surface area contributed by atoms with Crippen molar-refractivity contribution < 1.29 is 13.9 Å². The molecule has 0 heterocycles. The minimum absolute atomic E-state index is 0.166.